The van der Waals surface area contributed by atoms with Gasteiger partial charge in [-0.15, -0.1) is 11.3 Å². The van der Waals surface area contributed by atoms with Gasteiger partial charge in [0.05, 0.1) is 11.3 Å². The van der Waals surface area contributed by atoms with Gasteiger partial charge in [0.15, 0.2) is 0 Å². The summed E-state index contributed by atoms with van der Waals surface area (Å²) in [5.74, 6) is -0.158. The molecular formula is C16H14N4OS. The van der Waals surface area contributed by atoms with E-state index < -0.39 is 0 Å². The molecule has 0 aliphatic heterocycles. The Morgan fingerprint density at radius 1 is 1.23 bits per heavy atom. The maximum atomic E-state index is 11.7. The van der Waals surface area contributed by atoms with Gasteiger partial charge in [0.1, 0.15) is 5.01 Å². The largest absolute Gasteiger partial charge is 0.355 e. The van der Waals surface area contributed by atoms with Gasteiger partial charge in [0.25, 0.3) is 5.91 Å². The van der Waals surface area contributed by atoms with Crippen molar-refractivity contribution in [2.24, 2.45) is 0 Å². The number of nitrogens with zero attached hydrogens (tertiary/aromatic N) is 3. The summed E-state index contributed by atoms with van der Waals surface area (Å²) in [6.07, 6.45) is 6.84. The fourth-order valence-corrected chi connectivity index (χ4v) is 2.89. The Labute approximate surface area is 132 Å². The second-order valence-electron chi connectivity index (χ2n) is 4.77. The molecule has 3 aromatic heterocycles. The van der Waals surface area contributed by atoms with E-state index in [2.05, 4.69) is 20.3 Å². The van der Waals surface area contributed by atoms with Crippen LogP contribution in [0.25, 0.3) is 21.8 Å². The molecule has 0 radical (unpaired) electrons. The Bertz CT molecular complexity index is 828. The van der Waals surface area contributed by atoms with Crippen molar-refractivity contribution in [3.05, 3.63) is 53.4 Å². The zero-order chi connectivity index (χ0) is 15.5. The molecule has 0 aliphatic rings. The normalized spacial score (nSPS) is 10.5. The lowest BCUT2D eigenvalue weighted by Gasteiger charge is -2.02. The number of pyridine rings is 2. The SMILES string of the molecule is CNC(=O)c1cncc(-c2nc(-c3cnccc3C)cs2)c1. The predicted octanol–water partition coefficient (Wildman–Crippen LogP) is 2.94. The number of hydrogen-bond acceptors (Lipinski definition) is 5. The molecule has 0 saturated heterocycles. The van der Waals surface area contributed by atoms with Crippen molar-refractivity contribution in [3.8, 4) is 21.8 Å². The molecule has 0 unspecified atom stereocenters. The number of aryl methyl sites for hydroxylation is 1. The standard InChI is InChI=1S/C16H14N4OS/c1-10-3-4-18-8-13(10)14-9-22-16(20-14)12-5-11(6-19-7-12)15(21)17-2/h3-9H,1-2H3,(H,17,21). The zero-order valence-electron chi connectivity index (χ0n) is 12.2. The van der Waals surface area contributed by atoms with Gasteiger partial charge in [-0.05, 0) is 24.6 Å². The summed E-state index contributed by atoms with van der Waals surface area (Å²) < 4.78 is 0. The van der Waals surface area contributed by atoms with E-state index in [1.165, 1.54) is 11.3 Å². The molecule has 5 nitrogen and oxygen atoms in total. The first kappa shape index (κ1) is 14.3. The van der Waals surface area contributed by atoms with Crippen LogP contribution in [0.3, 0.4) is 0 Å². The van der Waals surface area contributed by atoms with Crippen LogP contribution in [0.4, 0.5) is 0 Å². The van der Waals surface area contributed by atoms with E-state index in [1.807, 2.05) is 24.6 Å². The molecule has 6 heteroatoms. The van der Waals surface area contributed by atoms with Crippen molar-refractivity contribution in [2.75, 3.05) is 7.05 Å². The van der Waals surface area contributed by atoms with Crippen LogP contribution in [0, 0.1) is 6.92 Å². The molecule has 0 bridgehead atoms. The third-order valence-corrected chi connectivity index (χ3v) is 4.19. The number of hydrogen-bond donors (Lipinski definition) is 1. The molecule has 0 fully saturated rings. The second kappa shape index (κ2) is 6.03. The minimum absolute atomic E-state index is 0.158. The minimum Gasteiger partial charge on any atom is -0.355 e. The summed E-state index contributed by atoms with van der Waals surface area (Å²) in [4.78, 5) is 24.6. The Balaban J connectivity index is 1.98. The highest BCUT2D eigenvalue weighted by atomic mass is 32.1. The predicted molar refractivity (Wildman–Crippen MR) is 86.7 cm³/mol. The molecule has 110 valence electrons. The molecule has 0 atom stereocenters. The van der Waals surface area contributed by atoms with Gasteiger partial charge < -0.3 is 5.32 Å². The van der Waals surface area contributed by atoms with Crippen molar-refractivity contribution in [1.82, 2.24) is 20.3 Å². The van der Waals surface area contributed by atoms with Crippen LogP contribution in [0.2, 0.25) is 0 Å². The van der Waals surface area contributed by atoms with E-state index >= 15 is 0 Å². The van der Waals surface area contributed by atoms with Crippen LogP contribution in [0.1, 0.15) is 15.9 Å². The minimum atomic E-state index is -0.158. The number of carbonyl (C=O) groups excluding carboxylic acids is 1. The molecule has 3 rings (SSSR count). The van der Waals surface area contributed by atoms with Crippen LogP contribution in [0.5, 0.6) is 0 Å². The van der Waals surface area contributed by atoms with Crippen LogP contribution >= 0.6 is 11.3 Å². The topological polar surface area (TPSA) is 67.8 Å². The van der Waals surface area contributed by atoms with E-state index in [9.17, 15) is 4.79 Å². The van der Waals surface area contributed by atoms with Gasteiger partial charge in [-0.2, -0.15) is 0 Å². The average molecular weight is 310 g/mol. The van der Waals surface area contributed by atoms with Gasteiger partial charge in [-0.1, -0.05) is 0 Å². The van der Waals surface area contributed by atoms with Crippen LogP contribution in [0.15, 0.2) is 42.3 Å². The van der Waals surface area contributed by atoms with Crippen LogP contribution < -0.4 is 5.32 Å². The third kappa shape index (κ3) is 2.73. The highest BCUT2D eigenvalue weighted by Crippen LogP contribution is 2.29. The van der Waals surface area contributed by atoms with Crippen molar-refractivity contribution < 1.29 is 4.79 Å². The van der Waals surface area contributed by atoms with E-state index in [0.29, 0.717) is 5.56 Å². The number of thiazole rings is 1. The van der Waals surface area contributed by atoms with E-state index in [1.54, 1.807) is 31.7 Å². The summed E-state index contributed by atoms with van der Waals surface area (Å²) in [5.41, 5.74) is 4.38. The molecular weight excluding hydrogens is 296 g/mol. The number of carbonyl (C=O) groups is 1. The van der Waals surface area contributed by atoms with Crippen LogP contribution in [-0.4, -0.2) is 27.9 Å². The second-order valence-corrected chi connectivity index (χ2v) is 5.63. The zero-order valence-corrected chi connectivity index (χ0v) is 13.0. The molecule has 22 heavy (non-hydrogen) atoms. The molecule has 0 saturated carbocycles. The molecule has 1 amide bonds. The number of rotatable bonds is 3. The van der Waals surface area contributed by atoms with Crippen LogP contribution in [-0.2, 0) is 0 Å². The first-order chi connectivity index (χ1) is 10.7. The maximum Gasteiger partial charge on any atom is 0.252 e. The van der Waals surface area contributed by atoms with Gasteiger partial charge in [-0.25, -0.2) is 4.98 Å². The summed E-state index contributed by atoms with van der Waals surface area (Å²) >= 11 is 1.52. The summed E-state index contributed by atoms with van der Waals surface area (Å²) in [5, 5.41) is 5.42. The van der Waals surface area contributed by atoms with E-state index in [0.717, 1.165) is 27.4 Å². The molecule has 1 N–H and O–H groups in total. The number of nitrogens with one attached hydrogen (secondary N) is 1. The monoisotopic (exact) mass is 310 g/mol. The molecule has 0 aliphatic carbocycles. The lowest BCUT2D eigenvalue weighted by atomic mass is 10.1. The van der Waals surface area contributed by atoms with Crippen molar-refractivity contribution in [1.29, 1.82) is 0 Å². The number of amides is 1. The maximum absolute atomic E-state index is 11.7. The fourth-order valence-electron chi connectivity index (χ4n) is 2.09. The average Bonchev–Trinajstić information content (AvgIpc) is 3.04. The Morgan fingerprint density at radius 2 is 2.09 bits per heavy atom. The van der Waals surface area contributed by atoms with Gasteiger partial charge in [-0.3, -0.25) is 14.8 Å². The highest BCUT2D eigenvalue weighted by molar-refractivity contribution is 7.13. The van der Waals surface area contributed by atoms with Crippen molar-refractivity contribution in [3.63, 3.8) is 0 Å². The van der Waals surface area contributed by atoms with E-state index in [4.69, 9.17) is 0 Å². The van der Waals surface area contributed by atoms with Gasteiger partial charge >= 0.3 is 0 Å². The summed E-state index contributed by atoms with van der Waals surface area (Å²) in [6.45, 7) is 2.03. The Kier molecular flexibility index (Phi) is 3.93. The molecule has 3 heterocycles. The van der Waals surface area contributed by atoms with E-state index in [-0.39, 0.29) is 5.91 Å². The van der Waals surface area contributed by atoms with Crippen molar-refractivity contribution in [2.45, 2.75) is 6.92 Å². The third-order valence-electron chi connectivity index (χ3n) is 3.29. The first-order valence-corrected chi connectivity index (χ1v) is 7.61. The summed E-state index contributed by atoms with van der Waals surface area (Å²) in [7, 11) is 1.60. The Hall–Kier alpha value is -2.60. The number of aromatic nitrogens is 3. The van der Waals surface area contributed by atoms with Gasteiger partial charge in [0, 0.05) is 48.3 Å². The molecule has 0 aromatic carbocycles. The summed E-state index contributed by atoms with van der Waals surface area (Å²) in [6, 6.07) is 3.76. The first-order valence-electron chi connectivity index (χ1n) is 6.73. The lowest BCUT2D eigenvalue weighted by Crippen LogP contribution is -2.17. The fraction of sp³-hybridized carbons (Fsp3) is 0.125. The van der Waals surface area contributed by atoms with Crippen molar-refractivity contribution >= 4 is 17.2 Å². The molecule has 0 spiro atoms. The Morgan fingerprint density at radius 3 is 2.86 bits per heavy atom. The molecule has 3 aromatic rings. The van der Waals surface area contributed by atoms with Gasteiger partial charge in [0.2, 0.25) is 0 Å². The smallest absolute Gasteiger partial charge is 0.252 e. The highest BCUT2D eigenvalue weighted by Gasteiger charge is 2.11. The quantitative estimate of drug-likeness (QED) is 0.807. The lowest BCUT2D eigenvalue weighted by molar-refractivity contribution is 0.0963.